The van der Waals surface area contributed by atoms with Gasteiger partial charge in [0.15, 0.2) is 0 Å². The van der Waals surface area contributed by atoms with Crippen molar-refractivity contribution in [1.82, 2.24) is 14.6 Å². The average molecular weight is 307 g/mol. The third-order valence-electron chi connectivity index (χ3n) is 2.72. The second kappa shape index (κ2) is 5.60. The first kappa shape index (κ1) is 13.1. The first-order valence-electron chi connectivity index (χ1n) is 6.03. The lowest BCUT2D eigenvalue weighted by Crippen LogP contribution is -2.12. The highest BCUT2D eigenvalue weighted by Crippen LogP contribution is 2.25. The molecule has 1 aromatic carbocycles. The van der Waals surface area contributed by atoms with Crippen LogP contribution in [0.25, 0.3) is 16.2 Å². The molecule has 1 amide bonds. The molecule has 0 unspecified atom stereocenters. The van der Waals surface area contributed by atoms with Crippen molar-refractivity contribution in [2.45, 2.75) is 6.42 Å². The number of anilines is 1. The van der Waals surface area contributed by atoms with Crippen molar-refractivity contribution in [3.8, 4) is 11.3 Å². The molecule has 0 aliphatic rings. The highest BCUT2D eigenvalue weighted by atomic mass is 35.5. The van der Waals surface area contributed by atoms with Gasteiger partial charge in [-0.1, -0.05) is 30.3 Å². The average Bonchev–Trinajstić information content (AvgIpc) is 2.99. The van der Waals surface area contributed by atoms with Crippen molar-refractivity contribution in [1.29, 1.82) is 0 Å². The third-order valence-corrected chi connectivity index (χ3v) is 3.73. The Morgan fingerprint density at radius 1 is 1.35 bits per heavy atom. The number of nitrogens with zero attached hydrogens (tertiary/aromatic N) is 3. The van der Waals surface area contributed by atoms with E-state index in [0.717, 1.165) is 16.2 Å². The van der Waals surface area contributed by atoms with Crippen LogP contribution in [0.4, 0.5) is 5.95 Å². The van der Waals surface area contributed by atoms with Gasteiger partial charge in [0, 0.05) is 23.2 Å². The number of carbonyl (C=O) groups excluding carboxylic acids is 1. The van der Waals surface area contributed by atoms with E-state index >= 15 is 0 Å². The van der Waals surface area contributed by atoms with Crippen molar-refractivity contribution in [3.63, 3.8) is 0 Å². The zero-order valence-electron chi connectivity index (χ0n) is 10.4. The minimum Gasteiger partial charge on any atom is -0.293 e. The molecule has 0 bridgehead atoms. The summed E-state index contributed by atoms with van der Waals surface area (Å²) in [5, 5.41) is 8.94. The normalized spacial score (nSPS) is 10.8. The molecule has 3 aromatic rings. The highest BCUT2D eigenvalue weighted by molar-refractivity contribution is 7.15. The number of benzene rings is 1. The maximum Gasteiger partial charge on any atom is 0.250 e. The van der Waals surface area contributed by atoms with Gasteiger partial charge in [-0.15, -0.1) is 28.0 Å². The zero-order valence-corrected chi connectivity index (χ0v) is 12.0. The lowest BCUT2D eigenvalue weighted by molar-refractivity contribution is -0.115. The number of halogens is 1. The fourth-order valence-corrected chi connectivity index (χ4v) is 2.82. The Hall–Kier alpha value is -1.92. The number of nitrogens with one attached hydrogen (secondary N) is 1. The molecule has 20 heavy (non-hydrogen) atoms. The van der Waals surface area contributed by atoms with E-state index in [0.29, 0.717) is 5.95 Å². The van der Waals surface area contributed by atoms with Crippen LogP contribution < -0.4 is 5.32 Å². The van der Waals surface area contributed by atoms with E-state index in [1.54, 1.807) is 4.52 Å². The molecule has 2 aromatic heterocycles. The second-order valence-corrected chi connectivity index (χ2v) is 5.32. The topological polar surface area (TPSA) is 59.3 Å². The monoisotopic (exact) mass is 306 g/mol. The number of rotatable bonds is 4. The molecule has 3 rings (SSSR count). The zero-order chi connectivity index (χ0) is 13.9. The fraction of sp³-hybridized carbons (Fsp3) is 0.154. The van der Waals surface area contributed by atoms with E-state index in [9.17, 15) is 4.79 Å². The van der Waals surface area contributed by atoms with Crippen LogP contribution >= 0.6 is 22.9 Å². The number of fused-ring (bicyclic) bond motifs is 1. The summed E-state index contributed by atoms with van der Waals surface area (Å²) in [4.78, 5) is 16.5. The molecule has 1 N–H and O–H groups in total. The van der Waals surface area contributed by atoms with Crippen molar-refractivity contribution < 1.29 is 4.79 Å². The van der Waals surface area contributed by atoms with E-state index in [4.69, 9.17) is 11.6 Å². The molecule has 0 saturated heterocycles. The second-order valence-electron chi connectivity index (χ2n) is 4.10. The molecule has 7 heteroatoms. The number of amides is 1. The van der Waals surface area contributed by atoms with Gasteiger partial charge in [0.25, 0.3) is 0 Å². The first-order chi connectivity index (χ1) is 9.78. The van der Waals surface area contributed by atoms with Crippen LogP contribution in [0.5, 0.6) is 0 Å². The number of aromatic nitrogens is 3. The molecule has 102 valence electrons. The number of hydrogen-bond donors (Lipinski definition) is 1. The van der Waals surface area contributed by atoms with Gasteiger partial charge in [0.1, 0.15) is 0 Å². The number of carbonyl (C=O) groups is 1. The minimum absolute atomic E-state index is 0.181. The van der Waals surface area contributed by atoms with Crippen molar-refractivity contribution >= 4 is 39.8 Å². The SMILES string of the molecule is O=C(CCCl)Nc1nc2scc(-c3ccccc3)n2n1. The maximum atomic E-state index is 11.5. The molecular weight excluding hydrogens is 296 g/mol. The van der Waals surface area contributed by atoms with Crippen LogP contribution in [0.3, 0.4) is 0 Å². The minimum atomic E-state index is -0.181. The molecule has 0 aliphatic carbocycles. The van der Waals surface area contributed by atoms with Gasteiger partial charge in [-0.2, -0.15) is 4.98 Å². The lowest BCUT2D eigenvalue weighted by Gasteiger charge is -1.98. The van der Waals surface area contributed by atoms with Crippen LogP contribution in [-0.4, -0.2) is 26.4 Å². The molecule has 0 aliphatic heterocycles. The number of alkyl halides is 1. The smallest absolute Gasteiger partial charge is 0.250 e. The Bertz CT molecular complexity index is 737. The Morgan fingerprint density at radius 2 is 2.15 bits per heavy atom. The molecular formula is C13H11ClN4OS. The largest absolute Gasteiger partial charge is 0.293 e. The molecule has 0 fully saturated rings. The summed E-state index contributed by atoms with van der Waals surface area (Å²) in [7, 11) is 0. The molecule has 2 heterocycles. The number of thiazole rings is 1. The van der Waals surface area contributed by atoms with Crippen LogP contribution in [-0.2, 0) is 4.79 Å². The summed E-state index contributed by atoms with van der Waals surface area (Å²) in [6.45, 7) is 0. The predicted molar refractivity (Wildman–Crippen MR) is 80.3 cm³/mol. The summed E-state index contributed by atoms with van der Waals surface area (Å²) in [6.07, 6.45) is 0.250. The predicted octanol–water partition coefficient (Wildman–Crippen LogP) is 3.03. The molecule has 0 radical (unpaired) electrons. The van der Waals surface area contributed by atoms with E-state index in [1.807, 2.05) is 35.7 Å². The summed E-state index contributed by atoms with van der Waals surface area (Å²) in [6, 6.07) is 9.92. The standard InChI is InChI=1S/C13H11ClN4OS/c14-7-6-11(19)15-12-16-13-18(17-12)10(8-20-13)9-4-2-1-3-5-9/h1-5,8H,6-7H2,(H,15,17,19). The first-order valence-corrected chi connectivity index (χ1v) is 7.45. The molecule has 0 atom stereocenters. The van der Waals surface area contributed by atoms with Gasteiger partial charge >= 0.3 is 0 Å². The van der Waals surface area contributed by atoms with Crippen LogP contribution in [0.1, 0.15) is 6.42 Å². The maximum absolute atomic E-state index is 11.5. The van der Waals surface area contributed by atoms with E-state index in [-0.39, 0.29) is 18.2 Å². The Labute approximate surface area is 124 Å². The van der Waals surface area contributed by atoms with Gasteiger partial charge < -0.3 is 0 Å². The molecule has 5 nitrogen and oxygen atoms in total. The lowest BCUT2D eigenvalue weighted by atomic mass is 10.2. The Kier molecular flexibility index (Phi) is 3.66. The fourth-order valence-electron chi connectivity index (χ4n) is 1.81. The Morgan fingerprint density at radius 3 is 2.90 bits per heavy atom. The van der Waals surface area contributed by atoms with Crippen molar-refractivity contribution in [2.75, 3.05) is 11.2 Å². The summed E-state index contributed by atoms with van der Waals surface area (Å²) >= 11 is 7.00. The number of hydrogen-bond acceptors (Lipinski definition) is 4. The van der Waals surface area contributed by atoms with Gasteiger partial charge in [-0.25, -0.2) is 4.52 Å². The van der Waals surface area contributed by atoms with Crippen molar-refractivity contribution in [2.24, 2.45) is 0 Å². The summed E-state index contributed by atoms with van der Waals surface area (Å²) in [5.41, 5.74) is 2.01. The summed E-state index contributed by atoms with van der Waals surface area (Å²) < 4.78 is 1.73. The quantitative estimate of drug-likeness (QED) is 0.754. The third kappa shape index (κ3) is 2.52. The summed E-state index contributed by atoms with van der Waals surface area (Å²) in [5.74, 6) is 0.409. The van der Waals surface area contributed by atoms with Crippen LogP contribution in [0.2, 0.25) is 0 Å². The molecule has 0 spiro atoms. The van der Waals surface area contributed by atoms with Crippen LogP contribution in [0, 0.1) is 0 Å². The van der Waals surface area contributed by atoms with E-state index in [2.05, 4.69) is 15.4 Å². The van der Waals surface area contributed by atoms with Gasteiger partial charge in [-0.05, 0) is 0 Å². The van der Waals surface area contributed by atoms with Gasteiger partial charge in [0.2, 0.25) is 16.8 Å². The van der Waals surface area contributed by atoms with Gasteiger partial charge in [-0.3, -0.25) is 10.1 Å². The van der Waals surface area contributed by atoms with E-state index in [1.165, 1.54) is 11.3 Å². The highest BCUT2D eigenvalue weighted by Gasteiger charge is 2.12. The van der Waals surface area contributed by atoms with Gasteiger partial charge in [0.05, 0.1) is 5.69 Å². The van der Waals surface area contributed by atoms with Crippen molar-refractivity contribution in [3.05, 3.63) is 35.7 Å². The van der Waals surface area contributed by atoms with E-state index < -0.39 is 0 Å². The Balaban J connectivity index is 1.93. The molecule has 0 saturated carbocycles. The van der Waals surface area contributed by atoms with Crippen LogP contribution in [0.15, 0.2) is 35.7 Å².